The van der Waals surface area contributed by atoms with Crippen molar-refractivity contribution >= 4 is 23.3 Å². The van der Waals surface area contributed by atoms with E-state index < -0.39 is 0 Å². The fraction of sp³-hybridized carbons (Fsp3) is 0.731. The zero-order valence-corrected chi connectivity index (χ0v) is 19.7. The second-order valence-corrected chi connectivity index (χ2v) is 10.7. The number of hydrogen-bond acceptors (Lipinski definition) is 5. The number of anilines is 2. The van der Waals surface area contributed by atoms with Crippen LogP contribution in [-0.4, -0.2) is 58.6 Å². The standard InChI is InChI=1S/C26H38N4O3/c31-22-10-8-21(9-11-22)30-16-14-26(25(30)33)13-4-15-29(18-26)23-12-7-20(17-27-23)28-24(32)19-5-2-1-3-6-19/h7,12,17,19,21-22,31H,1-6,8-11,13-16,18H2,(H,28,32)/t21?,22?,26-/m0/s1. The van der Waals surface area contributed by atoms with Crippen LogP contribution in [0, 0.1) is 11.3 Å². The molecule has 7 heteroatoms. The maximum Gasteiger partial charge on any atom is 0.230 e. The number of aromatic nitrogens is 1. The molecular weight excluding hydrogens is 416 g/mol. The topological polar surface area (TPSA) is 85.8 Å². The quantitative estimate of drug-likeness (QED) is 0.724. The zero-order chi connectivity index (χ0) is 22.8. The SMILES string of the molecule is O=C(Nc1ccc(N2CCC[C@]3(CCN(C4CCC(O)CC4)C3=O)C2)nc1)C1CCCCC1. The molecule has 2 saturated carbocycles. The van der Waals surface area contributed by atoms with Gasteiger partial charge in [-0.2, -0.15) is 0 Å². The van der Waals surface area contributed by atoms with E-state index in [1.54, 1.807) is 6.20 Å². The van der Waals surface area contributed by atoms with Crippen molar-refractivity contribution in [3.63, 3.8) is 0 Å². The molecule has 2 aliphatic carbocycles. The Labute approximate surface area is 196 Å². The summed E-state index contributed by atoms with van der Waals surface area (Å²) in [5.74, 6) is 1.44. The van der Waals surface area contributed by atoms with Gasteiger partial charge in [0.15, 0.2) is 0 Å². The molecule has 2 amide bonds. The van der Waals surface area contributed by atoms with Gasteiger partial charge in [0.2, 0.25) is 11.8 Å². The second-order valence-electron chi connectivity index (χ2n) is 10.7. The summed E-state index contributed by atoms with van der Waals surface area (Å²) in [6.45, 7) is 2.47. The first-order valence-corrected chi connectivity index (χ1v) is 13.1. The van der Waals surface area contributed by atoms with Crippen LogP contribution in [0.1, 0.15) is 77.0 Å². The van der Waals surface area contributed by atoms with Crippen molar-refractivity contribution in [1.29, 1.82) is 0 Å². The molecule has 0 bridgehead atoms. The number of pyridine rings is 1. The fourth-order valence-electron chi connectivity index (χ4n) is 6.53. The number of hydrogen-bond donors (Lipinski definition) is 2. The Morgan fingerprint density at radius 2 is 1.79 bits per heavy atom. The molecular formula is C26H38N4O3. The number of likely N-dealkylation sites (tertiary alicyclic amines) is 1. The third kappa shape index (κ3) is 4.75. The highest BCUT2D eigenvalue weighted by Gasteiger charge is 2.50. The van der Waals surface area contributed by atoms with Crippen LogP contribution in [0.25, 0.3) is 0 Å². The maximum atomic E-state index is 13.5. The van der Waals surface area contributed by atoms with Crippen LogP contribution in [0.2, 0.25) is 0 Å². The molecule has 1 aromatic heterocycles. The molecule has 7 nitrogen and oxygen atoms in total. The molecule has 4 aliphatic rings. The normalized spacial score (nSPS) is 31.2. The summed E-state index contributed by atoms with van der Waals surface area (Å²) in [5, 5.41) is 12.9. The summed E-state index contributed by atoms with van der Waals surface area (Å²) in [6.07, 6.45) is 13.4. The molecule has 0 unspecified atom stereocenters. The predicted octanol–water partition coefficient (Wildman–Crippen LogP) is 3.72. The van der Waals surface area contributed by atoms with Gasteiger partial charge in [0.05, 0.1) is 23.4 Å². The molecule has 33 heavy (non-hydrogen) atoms. The van der Waals surface area contributed by atoms with Crippen LogP contribution in [0.4, 0.5) is 11.5 Å². The molecule has 0 radical (unpaired) electrons. The monoisotopic (exact) mass is 454 g/mol. The molecule has 1 aromatic rings. The van der Waals surface area contributed by atoms with Crippen LogP contribution in [-0.2, 0) is 9.59 Å². The lowest BCUT2D eigenvalue weighted by Gasteiger charge is -2.41. The van der Waals surface area contributed by atoms with Gasteiger partial charge in [0.1, 0.15) is 5.82 Å². The van der Waals surface area contributed by atoms with Crippen molar-refractivity contribution in [2.24, 2.45) is 11.3 Å². The van der Waals surface area contributed by atoms with E-state index in [4.69, 9.17) is 0 Å². The molecule has 0 aromatic carbocycles. The van der Waals surface area contributed by atoms with Gasteiger partial charge in [-0.15, -0.1) is 0 Å². The van der Waals surface area contributed by atoms with Gasteiger partial charge in [0, 0.05) is 31.6 Å². The van der Waals surface area contributed by atoms with Gasteiger partial charge in [-0.25, -0.2) is 4.98 Å². The Hall–Kier alpha value is -2.15. The molecule has 2 saturated heterocycles. The van der Waals surface area contributed by atoms with Gasteiger partial charge in [-0.3, -0.25) is 9.59 Å². The number of carbonyl (C=O) groups excluding carboxylic acids is 2. The lowest BCUT2D eigenvalue weighted by molar-refractivity contribution is -0.139. The highest BCUT2D eigenvalue weighted by atomic mass is 16.3. The highest BCUT2D eigenvalue weighted by molar-refractivity contribution is 5.92. The van der Waals surface area contributed by atoms with Gasteiger partial charge < -0.3 is 20.2 Å². The number of aliphatic hydroxyl groups excluding tert-OH is 1. The summed E-state index contributed by atoms with van der Waals surface area (Å²) in [7, 11) is 0. The zero-order valence-electron chi connectivity index (χ0n) is 19.7. The number of piperidine rings is 1. The summed E-state index contributed by atoms with van der Waals surface area (Å²) in [6, 6.07) is 4.22. The lowest BCUT2D eigenvalue weighted by atomic mass is 9.78. The molecule has 2 N–H and O–H groups in total. The van der Waals surface area contributed by atoms with Crippen LogP contribution in [0.3, 0.4) is 0 Å². The van der Waals surface area contributed by atoms with Crippen LogP contribution in [0.5, 0.6) is 0 Å². The van der Waals surface area contributed by atoms with E-state index in [0.29, 0.717) is 11.9 Å². The largest absolute Gasteiger partial charge is 0.393 e. The van der Waals surface area contributed by atoms with Gasteiger partial charge in [-0.1, -0.05) is 19.3 Å². The lowest BCUT2D eigenvalue weighted by Crippen LogP contribution is -2.50. The van der Waals surface area contributed by atoms with E-state index in [1.165, 1.54) is 6.42 Å². The number of aliphatic hydroxyl groups is 1. The van der Waals surface area contributed by atoms with E-state index in [2.05, 4.69) is 20.1 Å². The summed E-state index contributed by atoms with van der Waals surface area (Å²) in [4.78, 5) is 35.1. The highest BCUT2D eigenvalue weighted by Crippen LogP contribution is 2.43. The Kier molecular flexibility index (Phi) is 6.59. The minimum Gasteiger partial charge on any atom is -0.393 e. The number of rotatable bonds is 4. The van der Waals surface area contributed by atoms with Gasteiger partial charge in [0.25, 0.3) is 0 Å². The van der Waals surface area contributed by atoms with Crippen molar-refractivity contribution in [1.82, 2.24) is 9.88 Å². The van der Waals surface area contributed by atoms with Crippen molar-refractivity contribution in [3.05, 3.63) is 18.3 Å². The van der Waals surface area contributed by atoms with E-state index in [0.717, 1.165) is 102 Å². The van der Waals surface area contributed by atoms with E-state index in [9.17, 15) is 14.7 Å². The first-order valence-electron chi connectivity index (χ1n) is 13.1. The smallest absolute Gasteiger partial charge is 0.230 e. The number of nitrogens with one attached hydrogen (secondary N) is 1. The summed E-state index contributed by atoms with van der Waals surface area (Å²) in [5.41, 5.74) is 0.452. The van der Waals surface area contributed by atoms with Crippen LogP contribution >= 0.6 is 0 Å². The van der Waals surface area contributed by atoms with Gasteiger partial charge >= 0.3 is 0 Å². The second kappa shape index (κ2) is 9.61. The van der Waals surface area contributed by atoms with E-state index in [-0.39, 0.29) is 23.3 Å². The number of carbonyl (C=O) groups is 2. The summed E-state index contributed by atoms with van der Waals surface area (Å²) >= 11 is 0. The average Bonchev–Trinajstić information content (AvgIpc) is 3.15. The Morgan fingerprint density at radius 3 is 2.52 bits per heavy atom. The molecule has 1 atom stereocenters. The third-order valence-corrected chi connectivity index (χ3v) is 8.55. The summed E-state index contributed by atoms with van der Waals surface area (Å²) < 4.78 is 0. The predicted molar refractivity (Wildman–Crippen MR) is 128 cm³/mol. The maximum absolute atomic E-state index is 13.5. The molecule has 3 heterocycles. The minimum atomic E-state index is -0.302. The number of nitrogens with zero attached hydrogens (tertiary/aromatic N) is 3. The van der Waals surface area contributed by atoms with Crippen molar-refractivity contribution in [2.45, 2.75) is 89.2 Å². The van der Waals surface area contributed by atoms with Crippen molar-refractivity contribution in [2.75, 3.05) is 29.9 Å². The van der Waals surface area contributed by atoms with Gasteiger partial charge in [-0.05, 0) is 69.9 Å². The average molecular weight is 455 g/mol. The first kappa shape index (κ1) is 22.6. The van der Waals surface area contributed by atoms with E-state index >= 15 is 0 Å². The van der Waals surface area contributed by atoms with Crippen LogP contribution in [0.15, 0.2) is 18.3 Å². The van der Waals surface area contributed by atoms with Crippen molar-refractivity contribution < 1.29 is 14.7 Å². The number of amides is 2. The third-order valence-electron chi connectivity index (χ3n) is 8.55. The van der Waals surface area contributed by atoms with Crippen molar-refractivity contribution in [3.8, 4) is 0 Å². The molecule has 5 rings (SSSR count). The Balaban J connectivity index is 1.21. The molecule has 1 spiro atoms. The van der Waals surface area contributed by atoms with Crippen LogP contribution < -0.4 is 10.2 Å². The first-order chi connectivity index (χ1) is 16.0. The fourth-order valence-corrected chi connectivity index (χ4v) is 6.53. The molecule has 2 aliphatic heterocycles. The Bertz CT molecular complexity index is 846. The minimum absolute atomic E-state index is 0.119. The van der Waals surface area contributed by atoms with E-state index in [1.807, 2.05) is 12.1 Å². The Morgan fingerprint density at radius 1 is 1.00 bits per heavy atom. The molecule has 180 valence electrons. The molecule has 4 fully saturated rings.